The smallest absolute Gasteiger partial charge is 0.318 e. The first-order valence-corrected chi connectivity index (χ1v) is 13.2. The van der Waals surface area contributed by atoms with Gasteiger partial charge in [-0.25, -0.2) is 4.79 Å². The molecule has 2 aromatic rings. The van der Waals surface area contributed by atoms with Gasteiger partial charge in [0, 0.05) is 43.7 Å². The second-order valence-electron chi connectivity index (χ2n) is 11.0. The predicted octanol–water partition coefficient (Wildman–Crippen LogP) is 4.96. The summed E-state index contributed by atoms with van der Waals surface area (Å²) in [5.74, 6) is -0.0688. The lowest BCUT2D eigenvalue weighted by molar-refractivity contribution is -0.137. The highest BCUT2D eigenvalue weighted by Gasteiger charge is 2.30. The number of ether oxygens (including phenoxy) is 1. The van der Waals surface area contributed by atoms with E-state index in [0.717, 1.165) is 37.9 Å². The highest BCUT2D eigenvalue weighted by Crippen LogP contribution is 2.21. The number of methoxy groups -OCH3 is 1. The van der Waals surface area contributed by atoms with Crippen LogP contribution < -0.4 is 5.32 Å². The Hall–Kier alpha value is -2.80. The number of hydrogen-bond donors (Lipinski definition) is 1. The lowest BCUT2D eigenvalue weighted by Crippen LogP contribution is -2.53. The Balaban J connectivity index is 1.72. The third kappa shape index (κ3) is 8.12. The molecule has 0 spiro atoms. The molecule has 0 aliphatic heterocycles. The first-order chi connectivity index (χ1) is 17.2. The third-order valence-corrected chi connectivity index (χ3v) is 6.90. The van der Waals surface area contributed by atoms with Crippen LogP contribution in [0.2, 0.25) is 0 Å². The molecule has 198 valence electrons. The van der Waals surface area contributed by atoms with Gasteiger partial charge in [0.2, 0.25) is 5.91 Å². The summed E-state index contributed by atoms with van der Waals surface area (Å²) in [6, 6.07) is 12.6. The van der Waals surface area contributed by atoms with Gasteiger partial charge in [-0.1, -0.05) is 49.1 Å². The molecular formula is C29H44N4O3. The zero-order chi connectivity index (χ0) is 26.1. The van der Waals surface area contributed by atoms with Gasteiger partial charge in [0.25, 0.3) is 0 Å². The summed E-state index contributed by atoms with van der Waals surface area (Å²) >= 11 is 0. The maximum Gasteiger partial charge on any atom is 0.318 e. The Labute approximate surface area is 216 Å². The molecule has 0 bridgehead atoms. The number of urea groups is 1. The molecule has 0 atom stereocenters. The Morgan fingerprint density at radius 1 is 1.11 bits per heavy atom. The predicted molar refractivity (Wildman–Crippen MR) is 144 cm³/mol. The van der Waals surface area contributed by atoms with Gasteiger partial charge in [-0.2, -0.15) is 0 Å². The summed E-state index contributed by atoms with van der Waals surface area (Å²) in [6.45, 7) is 10.2. The molecule has 1 N–H and O–H groups in total. The van der Waals surface area contributed by atoms with Crippen LogP contribution in [0.4, 0.5) is 4.79 Å². The molecule has 7 nitrogen and oxygen atoms in total. The van der Waals surface area contributed by atoms with Crippen molar-refractivity contribution in [1.29, 1.82) is 0 Å². The van der Waals surface area contributed by atoms with Gasteiger partial charge in [-0.05, 0) is 58.2 Å². The van der Waals surface area contributed by atoms with Crippen molar-refractivity contribution in [3.05, 3.63) is 59.4 Å². The summed E-state index contributed by atoms with van der Waals surface area (Å²) in [7, 11) is 1.61. The first kappa shape index (κ1) is 27.8. The maximum absolute atomic E-state index is 13.7. The van der Waals surface area contributed by atoms with E-state index in [1.165, 1.54) is 17.5 Å². The standard InChI is InChI=1S/C29H44N4O3/c1-23-11-9-12-24(19-23)20-31-16-10-15-26(31)21-33(29(2,3)4)27(34)22-32(17-18-36-5)28(35)30-25-13-7-6-8-14-25/h9-12,15-16,19,25H,6-8,13-14,17-18,20-22H2,1-5H3,(H,30,35). The van der Waals surface area contributed by atoms with E-state index in [1.807, 2.05) is 31.7 Å². The number of carbonyl (C=O) groups excluding carboxylic acids is 2. The van der Waals surface area contributed by atoms with Gasteiger partial charge in [0.05, 0.1) is 13.2 Å². The van der Waals surface area contributed by atoms with Crippen LogP contribution in [0.5, 0.6) is 0 Å². The molecular weight excluding hydrogens is 452 g/mol. The second-order valence-corrected chi connectivity index (χ2v) is 11.0. The highest BCUT2D eigenvalue weighted by atomic mass is 16.5. The second kappa shape index (κ2) is 12.9. The Morgan fingerprint density at radius 3 is 2.53 bits per heavy atom. The Bertz CT molecular complexity index is 988. The number of nitrogens with one attached hydrogen (secondary N) is 1. The molecule has 1 aliphatic rings. The molecule has 3 rings (SSSR count). The monoisotopic (exact) mass is 496 g/mol. The molecule has 3 amide bonds. The van der Waals surface area contributed by atoms with Gasteiger partial charge < -0.3 is 24.4 Å². The molecule has 0 radical (unpaired) electrons. The zero-order valence-electron chi connectivity index (χ0n) is 22.8. The summed E-state index contributed by atoms with van der Waals surface area (Å²) in [4.78, 5) is 30.2. The number of aromatic nitrogens is 1. The number of hydrogen-bond acceptors (Lipinski definition) is 3. The van der Waals surface area contributed by atoms with Crippen LogP contribution in [0.25, 0.3) is 0 Å². The van der Waals surface area contributed by atoms with Gasteiger partial charge in [-0.15, -0.1) is 0 Å². The molecule has 7 heteroatoms. The maximum atomic E-state index is 13.7. The van der Waals surface area contributed by atoms with E-state index in [2.05, 4.69) is 53.3 Å². The van der Waals surface area contributed by atoms with Crippen LogP contribution in [0.1, 0.15) is 69.7 Å². The topological polar surface area (TPSA) is 66.8 Å². The van der Waals surface area contributed by atoms with Crippen molar-refractivity contribution >= 4 is 11.9 Å². The molecule has 36 heavy (non-hydrogen) atoms. The average Bonchev–Trinajstić information content (AvgIpc) is 3.26. The van der Waals surface area contributed by atoms with E-state index in [1.54, 1.807) is 12.0 Å². The number of carbonyl (C=O) groups is 2. The highest BCUT2D eigenvalue weighted by molar-refractivity contribution is 5.84. The van der Waals surface area contributed by atoms with Crippen molar-refractivity contribution in [2.24, 2.45) is 0 Å². The average molecular weight is 497 g/mol. The molecule has 1 aromatic carbocycles. The fraction of sp³-hybridized carbons (Fsp3) is 0.586. The quantitative estimate of drug-likeness (QED) is 0.505. The molecule has 1 fully saturated rings. The Kier molecular flexibility index (Phi) is 9.99. The normalized spacial score (nSPS) is 14.5. The van der Waals surface area contributed by atoms with Crippen molar-refractivity contribution in [2.75, 3.05) is 26.8 Å². The van der Waals surface area contributed by atoms with E-state index in [-0.39, 0.29) is 24.5 Å². The van der Waals surface area contributed by atoms with Crippen molar-refractivity contribution in [3.8, 4) is 0 Å². The SMILES string of the molecule is COCCN(CC(=O)N(Cc1cccn1Cc1cccc(C)c1)C(C)(C)C)C(=O)NC1CCCCC1. The number of amides is 3. The van der Waals surface area contributed by atoms with Crippen LogP contribution in [0.3, 0.4) is 0 Å². The van der Waals surface area contributed by atoms with Crippen molar-refractivity contribution in [2.45, 2.75) is 84.5 Å². The summed E-state index contributed by atoms with van der Waals surface area (Å²) in [5, 5.41) is 3.15. The Morgan fingerprint density at radius 2 is 1.86 bits per heavy atom. The van der Waals surface area contributed by atoms with E-state index >= 15 is 0 Å². The fourth-order valence-corrected chi connectivity index (χ4v) is 4.83. The van der Waals surface area contributed by atoms with Crippen LogP contribution >= 0.6 is 0 Å². The van der Waals surface area contributed by atoms with Crippen molar-refractivity contribution in [3.63, 3.8) is 0 Å². The van der Waals surface area contributed by atoms with Gasteiger partial charge >= 0.3 is 6.03 Å². The minimum Gasteiger partial charge on any atom is -0.383 e. The molecule has 1 aromatic heterocycles. The molecule has 1 saturated carbocycles. The summed E-state index contributed by atoms with van der Waals surface area (Å²) in [5.41, 5.74) is 3.12. The number of aryl methyl sites for hydroxylation is 1. The summed E-state index contributed by atoms with van der Waals surface area (Å²) in [6.07, 6.45) is 7.58. The van der Waals surface area contributed by atoms with Crippen LogP contribution in [-0.2, 0) is 22.6 Å². The number of rotatable bonds is 10. The van der Waals surface area contributed by atoms with E-state index in [0.29, 0.717) is 19.7 Å². The van der Waals surface area contributed by atoms with Gasteiger partial charge in [0.15, 0.2) is 0 Å². The third-order valence-electron chi connectivity index (χ3n) is 6.90. The lowest BCUT2D eigenvalue weighted by Gasteiger charge is -2.38. The van der Waals surface area contributed by atoms with Crippen molar-refractivity contribution in [1.82, 2.24) is 19.7 Å². The van der Waals surface area contributed by atoms with Gasteiger partial charge in [-0.3, -0.25) is 4.79 Å². The minimum absolute atomic E-state index is 0.0256. The van der Waals surface area contributed by atoms with E-state index in [9.17, 15) is 9.59 Å². The van der Waals surface area contributed by atoms with Crippen LogP contribution in [0.15, 0.2) is 42.6 Å². The molecule has 1 heterocycles. The fourth-order valence-electron chi connectivity index (χ4n) is 4.83. The van der Waals surface area contributed by atoms with Crippen LogP contribution in [0, 0.1) is 6.92 Å². The minimum atomic E-state index is -0.401. The lowest BCUT2D eigenvalue weighted by atomic mass is 9.96. The largest absolute Gasteiger partial charge is 0.383 e. The summed E-state index contributed by atoms with van der Waals surface area (Å²) < 4.78 is 7.43. The van der Waals surface area contributed by atoms with E-state index < -0.39 is 5.54 Å². The number of benzene rings is 1. The van der Waals surface area contributed by atoms with E-state index in [4.69, 9.17) is 4.74 Å². The molecule has 0 saturated heterocycles. The van der Waals surface area contributed by atoms with Crippen LogP contribution in [-0.4, -0.2) is 64.7 Å². The zero-order valence-corrected chi connectivity index (χ0v) is 22.8. The van der Waals surface area contributed by atoms with Gasteiger partial charge in [0.1, 0.15) is 6.54 Å². The molecule has 0 unspecified atom stereocenters. The first-order valence-electron chi connectivity index (χ1n) is 13.2. The number of nitrogens with zero attached hydrogens (tertiary/aromatic N) is 3. The molecule has 1 aliphatic carbocycles. The van der Waals surface area contributed by atoms with Crippen molar-refractivity contribution < 1.29 is 14.3 Å².